The number of phenols is 3. The second-order valence-electron chi connectivity index (χ2n) is 15.5. The van der Waals surface area contributed by atoms with Gasteiger partial charge in [0.05, 0.1) is 0 Å². The van der Waals surface area contributed by atoms with E-state index in [1.54, 1.807) is 0 Å². The minimum Gasteiger partial charge on any atom is -0.507 e. The van der Waals surface area contributed by atoms with Crippen LogP contribution in [-0.4, -0.2) is 65.6 Å². The highest BCUT2D eigenvalue weighted by atomic mass is 16.6. The van der Waals surface area contributed by atoms with E-state index in [4.69, 9.17) is 18.9 Å². The molecular weight excluding hydrogens is 765 g/mol. The van der Waals surface area contributed by atoms with E-state index >= 15 is 0 Å². The Hall–Kier alpha value is -5.84. The molecule has 0 fully saturated rings. The minimum atomic E-state index is -0.357. The van der Waals surface area contributed by atoms with Gasteiger partial charge in [0.1, 0.15) is 43.7 Å². The van der Waals surface area contributed by atoms with E-state index in [-0.39, 0.29) is 86.8 Å². The molecule has 324 valence electrons. The SMILES string of the molecule is Cc1cc(CCC(=O)OCCOC(=O)CCc2cc(C)c(O)c(C)c2)cc(C)c1C.Cc1cc(CCC(=O)OCCOC(=O)CCc2cc(C)c(O)c(C)c2)cc(C)c1O. The molecule has 11 nitrogen and oxygen atoms in total. The van der Waals surface area contributed by atoms with Crippen LogP contribution >= 0.6 is 0 Å². The van der Waals surface area contributed by atoms with E-state index in [9.17, 15) is 34.5 Å². The summed E-state index contributed by atoms with van der Waals surface area (Å²) in [6.07, 6.45) is 3.19. The molecule has 0 unspecified atom stereocenters. The summed E-state index contributed by atoms with van der Waals surface area (Å²) in [7, 11) is 0. The molecule has 0 heterocycles. The van der Waals surface area contributed by atoms with E-state index < -0.39 is 0 Å². The smallest absolute Gasteiger partial charge is 0.306 e. The van der Waals surface area contributed by atoms with Crippen LogP contribution in [0, 0.1) is 62.3 Å². The third kappa shape index (κ3) is 16.1. The fourth-order valence-electron chi connectivity index (χ4n) is 6.74. The Labute approximate surface area is 354 Å². The van der Waals surface area contributed by atoms with Crippen LogP contribution in [0.2, 0.25) is 0 Å². The molecule has 0 spiro atoms. The Balaban J connectivity index is 0.000000320. The highest BCUT2D eigenvalue weighted by molar-refractivity contribution is 5.71. The molecule has 0 amide bonds. The molecule has 60 heavy (non-hydrogen) atoms. The summed E-state index contributed by atoms with van der Waals surface area (Å²) in [5, 5.41) is 29.4. The van der Waals surface area contributed by atoms with Crippen LogP contribution in [0.4, 0.5) is 0 Å². The lowest BCUT2D eigenvalue weighted by molar-refractivity contribution is -0.152. The summed E-state index contributed by atoms with van der Waals surface area (Å²) in [4.78, 5) is 47.5. The van der Waals surface area contributed by atoms with Crippen molar-refractivity contribution in [2.24, 2.45) is 0 Å². The van der Waals surface area contributed by atoms with Gasteiger partial charge in [-0.25, -0.2) is 0 Å². The van der Waals surface area contributed by atoms with Gasteiger partial charge in [-0.05, 0) is 160 Å². The van der Waals surface area contributed by atoms with Crippen molar-refractivity contribution in [3.63, 3.8) is 0 Å². The predicted octanol–water partition coefficient (Wildman–Crippen LogP) is 8.57. The van der Waals surface area contributed by atoms with Crippen LogP contribution in [-0.2, 0) is 63.8 Å². The van der Waals surface area contributed by atoms with E-state index in [0.29, 0.717) is 32.1 Å². The number of aryl methyl sites for hydroxylation is 12. The number of esters is 4. The van der Waals surface area contributed by atoms with Crippen LogP contribution in [0.3, 0.4) is 0 Å². The van der Waals surface area contributed by atoms with Crippen LogP contribution in [0.15, 0.2) is 48.5 Å². The number of carbonyl (C=O) groups excluding carboxylic acids is 4. The minimum absolute atomic E-state index is 0.0234. The zero-order valence-corrected chi connectivity index (χ0v) is 36.7. The molecule has 0 bridgehead atoms. The number of carbonyl (C=O) groups is 4. The first-order chi connectivity index (χ1) is 28.3. The lowest BCUT2D eigenvalue weighted by atomic mass is 9.98. The highest BCUT2D eigenvalue weighted by Crippen LogP contribution is 2.26. The van der Waals surface area contributed by atoms with Gasteiger partial charge in [0.25, 0.3) is 0 Å². The Morgan fingerprint density at radius 1 is 0.350 bits per heavy atom. The molecule has 4 aromatic rings. The fraction of sp³-hybridized carbons (Fsp3) is 0.429. The third-order valence-electron chi connectivity index (χ3n) is 10.3. The van der Waals surface area contributed by atoms with Gasteiger partial charge in [0, 0.05) is 25.7 Å². The topological polar surface area (TPSA) is 166 Å². The van der Waals surface area contributed by atoms with Crippen molar-refractivity contribution in [1.82, 2.24) is 0 Å². The van der Waals surface area contributed by atoms with Crippen LogP contribution in [0.25, 0.3) is 0 Å². The standard InChI is InChI=1S/C25H32O5.C24H30O6/c1-16-12-21(13-17(2)20(16)5)6-8-23(26)29-10-11-30-24(27)9-7-22-14-18(3)25(28)19(4)15-22;1-15-11-19(12-16(2)23(15)27)5-7-21(25)29-9-10-30-22(26)8-6-20-13-17(3)24(28)18(4)14-20/h12-15,28H,6-11H2,1-5H3;11-14,27-28H,5-10H2,1-4H3. The van der Waals surface area contributed by atoms with Crippen molar-refractivity contribution in [2.45, 2.75) is 114 Å². The van der Waals surface area contributed by atoms with Crippen molar-refractivity contribution < 1.29 is 53.4 Å². The number of benzene rings is 4. The third-order valence-corrected chi connectivity index (χ3v) is 10.3. The molecule has 4 rings (SSSR count). The molecule has 3 N–H and O–H groups in total. The number of rotatable bonds is 18. The van der Waals surface area contributed by atoms with Crippen molar-refractivity contribution in [2.75, 3.05) is 26.4 Å². The number of ether oxygens (including phenoxy) is 4. The monoisotopic (exact) mass is 826 g/mol. The van der Waals surface area contributed by atoms with E-state index in [0.717, 1.165) is 55.6 Å². The first-order valence-electron chi connectivity index (χ1n) is 20.4. The maximum atomic E-state index is 11.9. The van der Waals surface area contributed by atoms with Gasteiger partial charge < -0.3 is 34.3 Å². The van der Waals surface area contributed by atoms with Gasteiger partial charge in [0.2, 0.25) is 0 Å². The summed E-state index contributed by atoms with van der Waals surface area (Å²) < 4.78 is 20.5. The summed E-state index contributed by atoms with van der Waals surface area (Å²) in [6, 6.07) is 15.4. The zero-order valence-electron chi connectivity index (χ0n) is 36.7. The molecule has 0 aliphatic heterocycles. The first-order valence-corrected chi connectivity index (χ1v) is 20.4. The highest BCUT2D eigenvalue weighted by Gasteiger charge is 2.12. The summed E-state index contributed by atoms with van der Waals surface area (Å²) in [6.45, 7) is 17.4. The maximum absolute atomic E-state index is 11.9. The van der Waals surface area contributed by atoms with Gasteiger partial charge in [-0.15, -0.1) is 0 Å². The van der Waals surface area contributed by atoms with Crippen molar-refractivity contribution in [1.29, 1.82) is 0 Å². The van der Waals surface area contributed by atoms with Crippen LogP contribution < -0.4 is 0 Å². The molecule has 4 aromatic carbocycles. The number of hydrogen-bond acceptors (Lipinski definition) is 11. The van der Waals surface area contributed by atoms with Gasteiger partial charge in [-0.3, -0.25) is 19.2 Å². The second-order valence-corrected chi connectivity index (χ2v) is 15.5. The number of aromatic hydroxyl groups is 3. The molecule has 0 saturated heterocycles. The van der Waals surface area contributed by atoms with Gasteiger partial charge in [-0.2, -0.15) is 0 Å². The Morgan fingerprint density at radius 3 is 0.733 bits per heavy atom. The van der Waals surface area contributed by atoms with Crippen molar-refractivity contribution >= 4 is 23.9 Å². The average molecular weight is 827 g/mol. The summed E-state index contributed by atoms with van der Waals surface area (Å²) in [5.41, 5.74) is 12.5. The lowest BCUT2D eigenvalue weighted by Gasteiger charge is -2.10. The molecule has 0 saturated carbocycles. The van der Waals surface area contributed by atoms with E-state index in [2.05, 4.69) is 32.9 Å². The Morgan fingerprint density at radius 2 is 0.533 bits per heavy atom. The van der Waals surface area contributed by atoms with Crippen molar-refractivity contribution in [3.05, 3.63) is 121 Å². The normalized spacial score (nSPS) is 10.7. The molecule has 0 aliphatic rings. The van der Waals surface area contributed by atoms with Crippen molar-refractivity contribution in [3.8, 4) is 17.2 Å². The summed E-state index contributed by atoms with van der Waals surface area (Å²) >= 11 is 0. The molecule has 0 atom stereocenters. The van der Waals surface area contributed by atoms with Crippen LogP contribution in [0.5, 0.6) is 17.2 Å². The molecule has 0 aromatic heterocycles. The predicted molar refractivity (Wildman–Crippen MR) is 231 cm³/mol. The zero-order chi connectivity index (χ0) is 44.5. The molecule has 11 heteroatoms. The van der Waals surface area contributed by atoms with Gasteiger partial charge >= 0.3 is 23.9 Å². The molecule has 0 aliphatic carbocycles. The maximum Gasteiger partial charge on any atom is 0.306 e. The average Bonchev–Trinajstić information content (AvgIpc) is 3.20. The van der Waals surface area contributed by atoms with Gasteiger partial charge in [-0.1, -0.05) is 48.5 Å². The van der Waals surface area contributed by atoms with E-state index in [1.165, 1.54) is 16.7 Å². The number of hydrogen-bond donors (Lipinski definition) is 3. The van der Waals surface area contributed by atoms with Crippen LogP contribution in [0.1, 0.15) is 98.0 Å². The fourth-order valence-corrected chi connectivity index (χ4v) is 6.74. The van der Waals surface area contributed by atoms with E-state index in [1.807, 2.05) is 77.9 Å². The molecule has 0 radical (unpaired) electrons. The summed E-state index contributed by atoms with van der Waals surface area (Å²) in [5.74, 6) is -0.501. The Bertz CT molecular complexity index is 1740. The number of phenolic OH excluding ortho intramolecular Hbond substituents is 3. The first kappa shape index (κ1) is 48.5. The quantitative estimate of drug-likeness (QED) is 0.0500. The second kappa shape index (κ2) is 23.7. The van der Waals surface area contributed by atoms with Gasteiger partial charge in [0.15, 0.2) is 0 Å². The largest absolute Gasteiger partial charge is 0.507 e. The molecular formula is C49H62O11. The Kier molecular flexibility index (Phi) is 19.1. The lowest BCUT2D eigenvalue weighted by Crippen LogP contribution is -2.14.